The van der Waals surface area contributed by atoms with Gasteiger partial charge >= 0.3 is 0 Å². The highest BCUT2D eigenvalue weighted by Gasteiger charge is 2.29. The summed E-state index contributed by atoms with van der Waals surface area (Å²) in [7, 11) is 1.47. The second kappa shape index (κ2) is 7.56. The van der Waals surface area contributed by atoms with Crippen molar-refractivity contribution in [3.05, 3.63) is 22.7 Å². The van der Waals surface area contributed by atoms with E-state index >= 15 is 0 Å². The van der Waals surface area contributed by atoms with E-state index in [0.29, 0.717) is 17.1 Å². The summed E-state index contributed by atoms with van der Waals surface area (Å²) in [5.74, 6) is 0.576. The van der Waals surface area contributed by atoms with Crippen LogP contribution in [0.5, 0.6) is 11.5 Å². The summed E-state index contributed by atoms with van der Waals surface area (Å²) in [4.78, 5) is 14.4. The highest BCUT2D eigenvalue weighted by atomic mass is 35.5. The lowest BCUT2D eigenvalue weighted by atomic mass is 9.97. The van der Waals surface area contributed by atoms with Crippen LogP contribution in [0.1, 0.15) is 38.7 Å². The third-order valence-corrected chi connectivity index (χ3v) is 4.46. The number of halogens is 1. The molecule has 6 heteroatoms. The molecular weight excluding hydrogens is 316 g/mol. The number of methoxy groups -OCH3 is 1. The van der Waals surface area contributed by atoms with Crippen LogP contribution < -0.4 is 9.47 Å². The molecule has 1 fully saturated rings. The molecule has 1 amide bonds. The number of piperidine rings is 1. The molecular formula is C17H21ClN2O3. The molecule has 0 unspecified atom stereocenters. The van der Waals surface area contributed by atoms with Gasteiger partial charge in [0.1, 0.15) is 0 Å². The largest absolute Gasteiger partial charge is 0.493 e. The van der Waals surface area contributed by atoms with Gasteiger partial charge in [-0.1, -0.05) is 11.6 Å². The molecule has 5 nitrogen and oxygen atoms in total. The van der Waals surface area contributed by atoms with Gasteiger partial charge in [-0.15, -0.1) is 0 Å². The number of nitriles is 1. The van der Waals surface area contributed by atoms with E-state index in [1.54, 1.807) is 0 Å². The van der Waals surface area contributed by atoms with Gasteiger partial charge in [-0.25, -0.2) is 0 Å². The molecule has 0 bridgehead atoms. The third-order valence-electron chi connectivity index (χ3n) is 4.18. The Balaban J connectivity index is 2.11. The smallest absolute Gasteiger partial charge is 0.260 e. The molecule has 23 heavy (non-hydrogen) atoms. The lowest BCUT2D eigenvalue weighted by Gasteiger charge is -2.39. The van der Waals surface area contributed by atoms with E-state index in [9.17, 15) is 4.79 Å². The van der Waals surface area contributed by atoms with Crippen molar-refractivity contribution in [2.45, 2.75) is 45.2 Å². The van der Waals surface area contributed by atoms with Crippen molar-refractivity contribution in [3.63, 3.8) is 0 Å². The minimum Gasteiger partial charge on any atom is -0.493 e. The summed E-state index contributed by atoms with van der Waals surface area (Å²) in [5.41, 5.74) is 0.379. The van der Waals surface area contributed by atoms with Crippen LogP contribution in [0.4, 0.5) is 0 Å². The van der Waals surface area contributed by atoms with Gasteiger partial charge < -0.3 is 14.4 Å². The monoisotopic (exact) mass is 336 g/mol. The highest BCUT2D eigenvalue weighted by Crippen LogP contribution is 2.36. The van der Waals surface area contributed by atoms with Crippen molar-refractivity contribution in [3.8, 4) is 17.6 Å². The van der Waals surface area contributed by atoms with Crippen molar-refractivity contribution in [1.82, 2.24) is 4.90 Å². The van der Waals surface area contributed by atoms with Gasteiger partial charge in [0.2, 0.25) is 0 Å². The number of nitrogens with zero attached hydrogens (tertiary/aromatic N) is 2. The lowest BCUT2D eigenvalue weighted by Crippen LogP contribution is -2.49. The van der Waals surface area contributed by atoms with Crippen LogP contribution in [0.15, 0.2) is 12.1 Å². The topological polar surface area (TPSA) is 62.6 Å². The molecule has 1 aromatic rings. The Morgan fingerprint density at radius 3 is 2.61 bits per heavy atom. The van der Waals surface area contributed by atoms with E-state index in [0.717, 1.165) is 19.3 Å². The number of carbonyl (C=O) groups is 1. The Bertz CT molecular complexity index is 617. The molecule has 0 N–H and O–H groups in total. The molecule has 0 radical (unpaired) electrons. The fraction of sp³-hybridized carbons (Fsp3) is 0.529. The van der Waals surface area contributed by atoms with E-state index in [-0.39, 0.29) is 29.6 Å². The van der Waals surface area contributed by atoms with Crippen LogP contribution in [0.3, 0.4) is 0 Å². The van der Waals surface area contributed by atoms with Crippen molar-refractivity contribution in [2.75, 3.05) is 13.7 Å². The maximum absolute atomic E-state index is 12.5. The molecule has 0 aromatic heterocycles. The van der Waals surface area contributed by atoms with Crippen LogP contribution in [-0.4, -0.2) is 36.6 Å². The average molecular weight is 337 g/mol. The number of carbonyl (C=O) groups excluding carboxylic acids is 1. The number of amides is 1. The molecule has 124 valence electrons. The number of hydrogen-bond donors (Lipinski definition) is 0. The third kappa shape index (κ3) is 3.89. The molecule has 0 aliphatic carbocycles. The van der Waals surface area contributed by atoms with E-state index in [2.05, 4.69) is 13.8 Å². The van der Waals surface area contributed by atoms with Gasteiger partial charge in [-0.2, -0.15) is 5.26 Å². The van der Waals surface area contributed by atoms with Crippen molar-refractivity contribution >= 4 is 17.5 Å². The summed E-state index contributed by atoms with van der Waals surface area (Å²) in [6, 6.07) is 5.47. The predicted octanol–water partition coefficient (Wildman–Crippen LogP) is 3.39. The van der Waals surface area contributed by atoms with E-state index in [1.807, 2.05) is 11.0 Å². The second-order valence-electron chi connectivity index (χ2n) is 5.82. The standard InChI is InChI=1S/C17H21ClN2O3/c1-11-5-4-6-12(2)20(11)16(21)10-23-17-14(18)7-13(9-19)8-15(17)22-3/h7-8,11-12H,4-6,10H2,1-3H3/t11-,12+. The second-order valence-corrected chi connectivity index (χ2v) is 6.23. The zero-order valence-corrected chi connectivity index (χ0v) is 14.4. The Kier molecular flexibility index (Phi) is 5.73. The Hall–Kier alpha value is -1.93. The fourth-order valence-electron chi connectivity index (χ4n) is 3.05. The summed E-state index contributed by atoms with van der Waals surface area (Å²) < 4.78 is 10.8. The predicted molar refractivity (Wildman–Crippen MR) is 87.8 cm³/mol. The normalized spacial score (nSPS) is 20.7. The Morgan fingerprint density at radius 1 is 1.39 bits per heavy atom. The van der Waals surface area contributed by atoms with Gasteiger partial charge in [0, 0.05) is 18.2 Å². The minimum atomic E-state index is -0.101. The van der Waals surface area contributed by atoms with E-state index < -0.39 is 0 Å². The van der Waals surface area contributed by atoms with Gasteiger partial charge in [-0.3, -0.25) is 4.79 Å². The molecule has 1 aliphatic rings. The van der Waals surface area contributed by atoms with Crippen LogP contribution in [0, 0.1) is 11.3 Å². The van der Waals surface area contributed by atoms with Crippen LogP contribution in [0.25, 0.3) is 0 Å². The SMILES string of the molecule is COc1cc(C#N)cc(Cl)c1OCC(=O)N1[C@H](C)CCC[C@@H]1C. The van der Waals surface area contributed by atoms with E-state index in [1.165, 1.54) is 19.2 Å². The van der Waals surface area contributed by atoms with Crippen LogP contribution in [-0.2, 0) is 4.79 Å². The highest BCUT2D eigenvalue weighted by molar-refractivity contribution is 6.32. The summed E-state index contributed by atoms with van der Waals surface area (Å²) in [6.07, 6.45) is 3.16. The molecule has 1 heterocycles. The van der Waals surface area contributed by atoms with Crippen molar-refractivity contribution in [1.29, 1.82) is 5.26 Å². The van der Waals surface area contributed by atoms with Crippen molar-refractivity contribution < 1.29 is 14.3 Å². The summed E-state index contributed by atoms with van der Waals surface area (Å²) in [6.45, 7) is 4.02. The summed E-state index contributed by atoms with van der Waals surface area (Å²) >= 11 is 6.14. The van der Waals surface area contributed by atoms with Gasteiger partial charge in [-0.05, 0) is 39.2 Å². The van der Waals surface area contributed by atoms with Gasteiger partial charge in [0.05, 0.1) is 23.8 Å². The zero-order valence-electron chi connectivity index (χ0n) is 13.6. The number of ether oxygens (including phenoxy) is 2. The fourth-order valence-corrected chi connectivity index (χ4v) is 3.31. The molecule has 0 saturated carbocycles. The average Bonchev–Trinajstić information content (AvgIpc) is 2.52. The van der Waals surface area contributed by atoms with E-state index in [4.69, 9.17) is 26.3 Å². The number of benzene rings is 1. The molecule has 2 rings (SSSR count). The number of likely N-dealkylation sites (tertiary alicyclic amines) is 1. The maximum atomic E-state index is 12.5. The van der Waals surface area contributed by atoms with Crippen molar-refractivity contribution in [2.24, 2.45) is 0 Å². The maximum Gasteiger partial charge on any atom is 0.260 e. The Morgan fingerprint density at radius 2 is 2.04 bits per heavy atom. The lowest BCUT2D eigenvalue weighted by molar-refractivity contribution is -0.139. The molecule has 2 atom stereocenters. The minimum absolute atomic E-state index is 0.0628. The number of rotatable bonds is 4. The zero-order chi connectivity index (χ0) is 17.0. The first-order valence-electron chi connectivity index (χ1n) is 7.69. The molecule has 1 saturated heterocycles. The molecule has 0 spiro atoms. The molecule has 1 aliphatic heterocycles. The molecule has 1 aromatic carbocycles. The summed E-state index contributed by atoms with van der Waals surface area (Å²) in [5, 5.41) is 9.21. The quantitative estimate of drug-likeness (QED) is 0.845. The van der Waals surface area contributed by atoms with Gasteiger partial charge in [0.25, 0.3) is 5.91 Å². The Labute approximate surface area is 141 Å². The van der Waals surface area contributed by atoms with Gasteiger partial charge in [0.15, 0.2) is 18.1 Å². The first kappa shape index (κ1) is 17.4. The number of hydrogen-bond acceptors (Lipinski definition) is 4. The first-order valence-corrected chi connectivity index (χ1v) is 8.07. The first-order chi connectivity index (χ1) is 11.0. The van der Waals surface area contributed by atoms with Crippen LogP contribution >= 0.6 is 11.6 Å². The van der Waals surface area contributed by atoms with Crippen LogP contribution in [0.2, 0.25) is 5.02 Å².